The summed E-state index contributed by atoms with van der Waals surface area (Å²) in [6.07, 6.45) is 1.99. The third-order valence-corrected chi connectivity index (χ3v) is 5.71. The smallest absolute Gasteiger partial charge is 0.240 e. The van der Waals surface area contributed by atoms with Crippen molar-refractivity contribution in [1.82, 2.24) is 5.01 Å². The highest BCUT2D eigenvalue weighted by atomic mass is 127. The molecule has 25 heavy (non-hydrogen) atoms. The molecule has 4 rings (SSSR count). The molecule has 1 aliphatic heterocycles. The molecule has 2 atom stereocenters. The van der Waals surface area contributed by atoms with E-state index in [0.29, 0.717) is 0 Å². The second kappa shape index (κ2) is 6.44. The number of aryl methyl sites for hydroxylation is 1. The first-order valence-corrected chi connectivity index (χ1v) is 9.47. The van der Waals surface area contributed by atoms with Gasteiger partial charge in [-0.05, 0) is 70.8 Å². The third kappa shape index (κ3) is 2.84. The van der Waals surface area contributed by atoms with Crippen molar-refractivity contribution in [3.8, 4) is 5.75 Å². The van der Waals surface area contributed by atoms with Gasteiger partial charge in [-0.2, -0.15) is 5.10 Å². The van der Waals surface area contributed by atoms with Crippen molar-refractivity contribution in [1.29, 1.82) is 0 Å². The average Bonchev–Trinajstić information content (AvgIpc) is 3.01. The van der Waals surface area contributed by atoms with Crippen LogP contribution < -0.4 is 4.74 Å². The van der Waals surface area contributed by atoms with Crippen LogP contribution in [0.2, 0.25) is 0 Å². The van der Waals surface area contributed by atoms with E-state index in [1.807, 2.05) is 12.1 Å². The molecule has 1 aliphatic carbocycles. The summed E-state index contributed by atoms with van der Waals surface area (Å²) < 4.78 is 6.56. The summed E-state index contributed by atoms with van der Waals surface area (Å²) in [4.78, 5) is 12.3. The lowest BCUT2D eigenvalue weighted by Crippen LogP contribution is -2.31. The monoisotopic (exact) mass is 446 g/mol. The normalized spacial score (nSPS) is 21.4. The lowest BCUT2D eigenvalue weighted by molar-refractivity contribution is -0.131. The molecule has 0 aromatic heterocycles. The maximum Gasteiger partial charge on any atom is 0.240 e. The van der Waals surface area contributed by atoms with Crippen molar-refractivity contribution < 1.29 is 9.53 Å². The van der Waals surface area contributed by atoms with E-state index in [1.165, 1.54) is 9.13 Å². The van der Waals surface area contributed by atoms with Crippen LogP contribution in [0.1, 0.15) is 36.1 Å². The van der Waals surface area contributed by atoms with E-state index >= 15 is 0 Å². The van der Waals surface area contributed by atoms with Crippen LogP contribution in [0, 0.1) is 9.49 Å². The number of carbonyl (C=O) groups excluding carboxylic acids is 1. The summed E-state index contributed by atoms with van der Waals surface area (Å²) in [7, 11) is 1.68. The number of hydrogen-bond donors (Lipinski definition) is 0. The van der Waals surface area contributed by atoms with E-state index in [-0.39, 0.29) is 17.9 Å². The molecule has 0 bridgehead atoms. The summed E-state index contributed by atoms with van der Waals surface area (Å²) in [5, 5.41) is 6.42. The van der Waals surface area contributed by atoms with E-state index in [9.17, 15) is 4.79 Å². The fraction of sp³-hybridized carbons (Fsp3) is 0.300. The Morgan fingerprint density at radius 3 is 2.84 bits per heavy atom. The first kappa shape index (κ1) is 16.6. The number of ether oxygens (including phenoxy) is 1. The molecule has 4 nitrogen and oxygen atoms in total. The molecule has 2 aromatic rings. The van der Waals surface area contributed by atoms with Gasteiger partial charge in [0, 0.05) is 22.0 Å². The van der Waals surface area contributed by atoms with Gasteiger partial charge in [0.15, 0.2) is 0 Å². The van der Waals surface area contributed by atoms with E-state index in [1.54, 1.807) is 19.0 Å². The number of methoxy groups -OCH3 is 1. The van der Waals surface area contributed by atoms with Crippen LogP contribution in [0.5, 0.6) is 5.75 Å². The molecular weight excluding hydrogens is 427 g/mol. The molecule has 0 saturated carbocycles. The fourth-order valence-corrected chi connectivity index (χ4v) is 4.47. The molecule has 0 spiro atoms. The Labute approximate surface area is 161 Å². The minimum absolute atomic E-state index is 0.0183. The molecular formula is C20H19IN2O2. The Morgan fingerprint density at radius 2 is 2.12 bits per heavy atom. The van der Waals surface area contributed by atoms with Crippen LogP contribution in [-0.2, 0) is 11.2 Å². The number of carbonyl (C=O) groups is 1. The van der Waals surface area contributed by atoms with Gasteiger partial charge < -0.3 is 4.74 Å². The van der Waals surface area contributed by atoms with Crippen molar-refractivity contribution in [3.05, 3.63) is 62.7 Å². The van der Waals surface area contributed by atoms with Crippen LogP contribution in [-0.4, -0.2) is 23.7 Å². The van der Waals surface area contributed by atoms with E-state index < -0.39 is 0 Å². The van der Waals surface area contributed by atoms with Crippen molar-refractivity contribution in [2.45, 2.75) is 25.8 Å². The van der Waals surface area contributed by atoms with Gasteiger partial charge in [-0.25, -0.2) is 5.01 Å². The Hall–Kier alpha value is -1.89. The maximum absolute atomic E-state index is 12.3. The van der Waals surface area contributed by atoms with E-state index in [4.69, 9.17) is 9.84 Å². The summed E-state index contributed by atoms with van der Waals surface area (Å²) in [5.41, 5.74) is 4.56. The van der Waals surface area contributed by atoms with Gasteiger partial charge in [-0.1, -0.05) is 18.2 Å². The van der Waals surface area contributed by atoms with Crippen LogP contribution in [0.4, 0.5) is 0 Å². The summed E-state index contributed by atoms with van der Waals surface area (Å²) in [5.74, 6) is 1.03. The first-order chi connectivity index (χ1) is 12.1. The summed E-state index contributed by atoms with van der Waals surface area (Å²) in [6, 6.07) is 14.5. The SMILES string of the molecule is COc1ccc2c(c1)C1=NN(C(C)=O)[C@@H](c3cccc(I)c3)[C@H]1CC2. The minimum Gasteiger partial charge on any atom is -0.497 e. The predicted octanol–water partition coefficient (Wildman–Crippen LogP) is 4.17. The van der Waals surface area contributed by atoms with Crippen LogP contribution >= 0.6 is 22.6 Å². The number of benzene rings is 2. The average molecular weight is 446 g/mol. The lowest BCUT2D eigenvalue weighted by Gasteiger charge is -2.29. The number of rotatable bonds is 2. The fourth-order valence-electron chi connectivity index (χ4n) is 3.90. The molecule has 2 aliphatic rings. The number of amides is 1. The van der Waals surface area contributed by atoms with Crippen LogP contribution in [0.3, 0.4) is 0 Å². The Balaban J connectivity index is 1.82. The Bertz CT molecular complexity index is 878. The standard InChI is InChI=1S/C20H19IN2O2/c1-12(24)23-20(14-4-3-5-15(21)10-14)17-9-7-13-6-8-16(25-2)11-18(13)19(17)22-23/h3-6,8,10-11,17,20H,7,9H2,1-2H3/t17-,20-/m0/s1. The zero-order valence-electron chi connectivity index (χ0n) is 14.2. The molecule has 1 amide bonds. The number of hydrogen-bond acceptors (Lipinski definition) is 3. The predicted molar refractivity (Wildman–Crippen MR) is 106 cm³/mol. The highest BCUT2D eigenvalue weighted by molar-refractivity contribution is 14.1. The number of hydrazone groups is 1. The van der Waals surface area contributed by atoms with Gasteiger partial charge in [0.25, 0.3) is 0 Å². The molecule has 0 fully saturated rings. The highest BCUT2D eigenvalue weighted by Gasteiger charge is 2.43. The Kier molecular flexibility index (Phi) is 4.27. The second-order valence-corrected chi connectivity index (χ2v) is 7.76. The number of halogens is 1. The summed E-state index contributed by atoms with van der Waals surface area (Å²) in [6.45, 7) is 1.59. The largest absolute Gasteiger partial charge is 0.497 e. The maximum atomic E-state index is 12.3. The van der Waals surface area contributed by atoms with Crippen molar-refractivity contribution in [2.75, 3.05) is 7.11 Å². The van der Waals surface area contributed by atoms with Gasteiger partial charge in [0.2, 0.25) is 5.91 Å². The van der Waals surface area contributed by atoms with Gasteiger partial charge in [0.05, 0.1) is 18.9 Å². The number of nitrogens with zero attached hydrogens (tertiary/aromatic N) is 2. The van der Waals surface area contributed by atoms with Gasteiger partial charge >= 0.3 is 0 Å². The summed E-state index contributed by atoms with van der Waals surface area (Å²) >= 11 is 2.32. The van der Waals surface area contributed by atoms with Gasteiger partial charge in [0.1, 0.15) is 5.75 Å². The molecule has 5 heteroatoms. The van der Waals surface area contributed by atoms with Crippen LogP contribution in [0.15, 0.2) is 47.6 Å². The molecule has 1 heterocycles. The topological polar surface area (TPSA) is 41.9 Å². The molecule has 0 unspecified atom stereocenters. The Morgan fingerprint density at radius 1 is 1.28 bits per heavy atom. The van der Waals surface area contributed by atoms with Crippen molar-refractivity contribution in [3.63, 3.8) is 0 Å². The lowest BCUT2D eigenvalue weighted by atomic mass is 9.77. The van der Waals surface area contributed by atoms with Crippen molar-refractivity contribution in [2.24, 2.45) is 11.0 Å². The zero-order valence-corrected chi connectivity index (χ0v) is 16.4. The third-order valence-electron chi connectivity index (χ3n) is 5.04. The zero-order chi connectivity index (χ0) is 17.6. The van der Waals surface area contributed by atoms with Gasteiger partial charge in [-0.3, -0.25) is 4.79 Å². The van der Waals surface area contributed by atoms with Crippen molar-refractivity contribution >= 4 is 34.2 Å². The highest BCUT2D eigenvalue weighted by Crippen LogP contribution is 2.44. The molecule has 0 radical (unpaired) electrons. The van der Waals surface area contributed by atoms with Crippen LogP contribution in [0.25, 0.3) is 0 Å². The quantitative estimate of drug-likeness (QED) is 0.650. The van der Waals surface area contributed by atoms with E-state index in [0.717, 1.165) is 35.4 Å². The molecule has 0 N–H and O–H groups in total. The molecule has 0 saturated heterocycles. The molecule has 2 aromatic carbocycles. The molecule has 128 valence electrons. The minimum atomic E-state index is -0.0263. The van der Waals surface area contributed by atoms with Gasteiger partial charge in [-0.15, -0.1) is 0 Å². The number of fused-ring (bicyclic) bond motifs is 3. The van der Waals surface area contributed by atoms with E-state index in [2.05, 4.69) is 52.9 Å². The second-order valence-electron chi connectivity index (χ2n) is 6.52. The first-order valence-electron chi connectivity index (χ1n) is 8.39.